The van der Waals surface area contributed by atoms with E-state index in [-0.39, 0.29) is 5.69 Å². The lowest BCUT2D eigenvalue weighted by Gasteiger charge is -2.05. The van der Waals surface area contributed by atoms with E-state index in [0.29, 0.717) is 16.7 Å². The molecule has 0 aliphatic carbocycles. The van der Waals surface area contributed by atoms with Crippen LogP contribution in [-0.2, 0) is 5.75 Å². The van der Waals surface area contributed by atoms with Crippen LogP contribution in [0.25, 0.3) is 0 Å². The number of hydrogen-bond acceptors (Lipinski definition) is 6. The summed E-state index contributed by atoms with van der Waals surface area (Å²) in [6.07, 6.45) is 1.60. The van der Waals surface area contributed by atoms with Crippen LogP contribution in [0.15, 0.2) is 89.1 Å². The van der Waals surface area contributed by atoms with E-state index in [1.807, 2.05) is 42.5 Å². The first kappa shape index (κ1) is 20.1. The average molecular weight is 406 g/mol. The van der Waals surface area contributed by atoms with Gasteiger partial charge < -0.3 is 10.5 Å². The maximum atomic E-state index is 10.7. The monoisotopic (exact) mass is 406 g/mol. The van der Waals surface area contributed by atoms with Gasteiger partial charge in [-0.1, -0.05) is 42.1 Å². The minimum Gasteiger partial charge on any atom is -0.457 e. The van der Waals surface area contributed by atoms with E-state index in [1.165, 1.54) is 29.5 Å². The van der Waals surface area contributed by atoms with Gasteiger partial charge in [0, 0.05) is 17.9 Å². The lowest BCUT2D eigenvalue weighted by molar-refractivity contribution is -0.384. The Bertz CT molecular complexity index is 1000. The molecule has 3 aromatic rings. The van der Waals surface area contributed by atoms with Crippen molar-refractivity contribution >= 4 is 28.8 Å². The maximum Gasteiger partial charge on any atom is 0.269 e. The number of nitrogens with two attached hydrogens (primary N) is 1. The number of nitro benzene ring substituents is 1. The average Bonchev–Trinajstić information content (AvgIpc) is 2.75. The molecule has 29 heavy (non-hydrogen) atoms. The molecule has 3 aromatic carbocycles. The summed E-state index contributed by atoms with van der Waals surface area (Å²) in [5, 5.41) is 19.1. The lowest BCUT2D eigenvalue weighted by atomic mass is 10.2. The number of benzene rings is 3. The number of hydrogen-bond donors (Lipinski definition) is 1. The minimum absolute atomic E-state index is 0.0191. The van der Waals surface area contributed by atoms with E-state index in [4.69, 9.17) is 10.5 Å². The standard InChI is InChI=1S/C21H18N4O3S/c22-21(29-15-17-4-2-1-3-5-17)24-23-14-16-6-10-19(11-7-16)28-20-12-8-18(9-13-20)25(26)27/h1-14H,15H2,(H2,22,24). The van der Waals surface area contributed by atoms with Gasteiger partial charge in [0.15, 0.2) is 5.17 Å². The molecular formula is C21H18N4O3S. The first-order valence-corrected chi connectivity index (χ1v) is 9.64. The van der Waals surface area contributed by atoms with Crippen LogP contribution in [0, 0.1) is 10.1 Å². The predicted molar refractivity (Wildman–Crippen MR) is 117 cm³/mol. The molecule has 2 N–H and O–H groups in total. The third-order valence-corrected chi connectivity index (χ3v) is 4.61. The summed E-state index contributed by atoms with van der Waals surface area (Å²) in [5.41, 5.74) is 7.89. The zero-order valence-electron chi connectivity index (χ0n) is 15.3. The van der Waals surface area contributed by atoms with Gasteiger partial charge in [0.05, 0.1) is 11.1 Å². The fourth-order valence-corrected chi connectivity index (χ4v) is 2.92. The second-order valence-electron chi connectivity index (χ2n) is 5.88. The number of amidine groups is 1. The fourth-order valence-electron chi connectivity index (χ4n) is 2.31. The van der Waals surface area contributed by atoms with Crippen molar-refractivity contribution in [1.82, 2.24) is 0 Å². The Hall–Kier alpha value is -3.65. The van der Waals surface area contributed by atoms with Crippen molar-refractivity contribution in [3.63, 3.8) is 0 Å². The summed E-state index contributed by atoms with van der Waals surface area (Å²) in [5.74, 6) is 1.86. The molecule has 0 aliphatic heterocycles. The summed E-state index contributed by atoms with van der Waals surface area (Å²) in [7, 11) is 0. The molecule has 0 fully saturated rings. The van der Waals surface area contributed by atoms with Gasteiger partial charge in [0.25, 0.3) is 5.69 Å². The van der Waals surface area contributed by atoms with Crippen molar-refractivity contribution in [2.45, 2.75) is 5.75 Å². The number of nitrogens with zero attached hydrogens (tertiary/aromatic N) is 3. The first-order chi connectivity index (χ1) is 14.1. The molecule has 0 heterocycles. The number of non-ortho nitro benzene ring substituents is 1. The van der Waals surface area contributed by atoms with Gasteiger partial charge in [-0.25, -0.2) is 0 Å². The molecule has 0 saturated carbocycles. The maximum absolute atomic E-state index is 10.7. The van der Waals surface area contributed by atoms with Crippen molar-refractivity contribution in [2.24, 2.45) is 15.9 Å². The van der Waals surface area contributed by atoms with Crippen LogP contribution >= 0.6 is 11.8 Å². The van der Waals surface area contributed by atoms with E-state index < -0.39 is 4.92 Å². The Labute approximate surface area is 172 Å². The summed E-state index contributed by atoms with van der Waals surface area (Å²) in [6.45, 7) is 0. The molecule has 0 bridgehead atoms. The Kier molecular flexibility index (Phi) is 6.96. The highest BCUT2D eigenvalue weighted by Gasteiger charge is 2.05. The lowest BCUT2D eigenvalue weighted by Crippen LogP contribution is -2.05. The fraction of sp³-hybridized carbons (Fsp3) is 0.0476. The number of thioether (sulfide) groups is 1. The normalized spacial score (nSPS) is 11.5. The van der Waals surface area contributed by atoms with Crippen molar-refractivity contribution in [3.05, 3.63) is 100 Å². The zero-order valence-corrected chi connectivity index (χ0v) is 16.2. The second kappa shape index (κ2) is 10.0. The quantitative estimate of drug-likeness (QED) is 0.258. The third-order valence-electron chi connectivity index (χ3n) is 3.76. The number of ether oxygens (including phenoxy) is 1. The zero-order chi connectivity index (χ0) is 20.5. The van der Waals surface area contributed by atoms with E-state index in [2.05, 4.69) is 10.2 Å². The van der Waals surface area contributed by atoms with Crippen LogP contribution in [-0.4, -0.2) is 16.3 Å². The Balaban J connectivity index is 1.52. The molecule has 8 heteroatoms. The third kappa shape index (κ3) is 6.47. The molecule has 7 nitrogen and oxygen atoms in total. The van der Waals surface area contributed by atoms with Crippen LogP contribution in [0.5, 0.6) is 11.5 Å². The van der Waals surface area contributed by atoms with Gasteiger partial charge in [-0.2, -0.15) is 5.10 Å². The first-order valence-electron chi connectivity index (χ1n) is 8.66. The van der Waals surface area contributed by atoms with Crippen LogP contribution < -0.4 is 10.5 Å². The number of rotatable bonds is 7. The molecule has 0 amide bonds. The van der Waals surface area contributed by atoms with E-state index in [0.717, 1.165) is 11.3 Å². The summed E-state index contributed by atoms with van der Waals surface area (Å²) in [6, 6.07) is 23.1. The van der Waals surface area contributed by atoms with Gasteiger partial charge >= 0.3 is 0 Å². The topological polar surface area (TPSA) is 103 Å². The second-order valence-corrected chi connectivity index (χ2v) is 6.87. The van der Waals surface area contributed by atoms with E-state index in [1.54, 1.807) is 30.5 Å². The van der Waals surface area contributed by atoms with E-state index in [9.17, 15) is 10.1 Å². The molecule has 146 valence electrons. The molecule has 0 aliphatic rings. The van der Waals surface area contributed by atoms with Crippen LogP contribution in [0.4, 0.5) is 5.69 Å². The van der Waals surface area contributed by atoms with E-state index >= 15 is 0 Å². The molecule has 0 unspecified atom stereocenters. The minimum atomic E-state index is -0.451. The summed E-state index contributed by atoms with van der Waals surface area (Å²) < 4.78 is 5.67. The number of nitro groups is 1. The summed E-state index contributed by atoms with van der Waals surface area (Å²) >= 11 is 1.42. The highest BCUT2D eigenvalue weighted by molar-refractivity contribution is 8.13. The van der Waals surface area contributed by atoms with Crippen LogP contribution in [0.3, 0.4) is 0 Å². The van der Waals surface area contributed by atoms with Gasteiger partial charge in [-0.3, -0.25) is 10.1 Å². The Morgan fingerprint density at radius 2 is 1.62 bits per heavy atom. The van der Waals surface area contributed by atoms with Crippen molar-refractivity contribution in [2.75, 3.05) is 0 Å². The van der Waals surface area contributed by atoms with Crippen LogP contribution in [0.2, 0.25) is 0 Å². The molecule has 0 radical (unpaired) electrons. The molecule has 0 aromatic heterocycles. The predicted octanol–water partition coefficient (Wildman–Crippen LogP) is 4.97. The van der Waals surface area contributed by atoms with Crippen molar-refractivity contribution in [3.8, 4) is 11.5 Å². The van der Waals surface area contributed by atoms with Crippen molar-refractivity contribution < 1.29 is 9.66 Å². The molecule has 3 rings (SSSR count). The van der Waals surface area contributed by atoms with Crippen LogP contribution in [0.1, 0.15) is 11.1 Å². The van der Waals surface area contributed by atoms with Gasteiger partial charge in [0.2, 0.25) is 0 Å². The highest BCUT2D eigenvalue weighted by atomic mass is 32.2. The Morgan fingerprint density at radius 1 is 1.00 bits per heavy atom. The highest BCUT2D eigenvalue weighted by Crippen LogP contribution is 2.23. The largest absolute Gasteiger partial charge is 0.457 e. The van der Waals surface area contributed by atoms with Gasteiger partial charge in [-0.15, -0.1) is 5.10 Å². The molecule has 0 spiro atoms. The van der Waals surface area contributed by atoms with Gasteiger partial charge in [-0.05, 0) is 47.5 Å². The summed E-state index contributed by atoms with van der Waals surface area (Å²) in [4.78, 5) is 10.2. The Morgan fingerprint density at radius 3 is 2.24 bits per heavy atom. The molecule has 0 saturated heterocycles. The molecule has 0 atom stereocenters. The smallest absolute Gasteiger partial charge is 0.269 e. The SMILES string of the molecule is NC(=NN=Cc1ccc(Oc2ccc([N+](=O)[O-])cc2)cc1)SCc1ccccc1. The van der Waals surface area contributed by atoms with Crippen molar-refractivity contribution in [1.29, 1.82) is 0 Å². The van der Waals surface area contributed by atoms with Gasteiger partial charge in [0.1, 0.15) is 11.5 Å². The molecular weight excluding hydrogens is 388 g/mol.